The average molecular weight is 290 g/mol. The lowest BCUT2D eigenvalue weighted by Crippen LogP contribution is -2.27. The third-order valence-corrected chi connectivity index (χ3v) is 3.32. The first-order valence-corrected chi connectivity index (χ1v) is 6.69. The summed E-state index contributed by atoms with van der Waals surface area (Å²) in [4.78, 5) is 12.3. The number of amides is 1. The van der Waals surface area contributed by atoms with Crippen LogP contribution in [0.1, 0.15) is 28.9 Å². The highest BCUT2D eigenvalue weighted by atomic mass is 35.5. The van der Waals surface area contributed by atoms with Crippen LogP contribution in [-0.2, 0) is 0 Å². The fourth-order valence-electron chi connectivity index (χ4n) is 1.94. The number of halogens is 1. The van der Waals surface area contributed by atoms with Crippen LogP contribution < -0.4 is 10.1 Å². The molecule has 0 aliphatic carbocycles. The lowest BCUT2D eigenvalue weighted by Gasteiger charge is -2.15. The summed E-state index contributed by atoms with van der Waals surface area (Å²) < 4.78 is 5.19. The lowest BCUT2D eigenvalue weighted by atomic mass is 10.1. The van der Waals surface area contributed by atoms with Gasteiger partial charge in [0.1, 0.15) is 5.75 Å². The van der Waals surface area contributed by atoms with E-state index in [1.165, 1.54) is 0 Å². The van der Waals surface area contributed by atoms with E-state index in [1.54, 1.807) is 19.2 Å². The monoisotopic (exact) mass is 289 g/mol. The Morgan fingerprint density at radius 3 is 2.45 bits per heavy atom. The Morgan fingerprint density at radius 1 is 1.15 bits per heavy atom. The van der Waals surface area contributed by atoms with Gasteiger partial charge in [0.2, 0.25) is 0 Å². The Balaban J connectivity index is 2.13. The zero-order chi connectivity index (χ0) is 14.5. The third-order valence-electron chi connectivity index (χ3n) is 3.07. The van der Waals surface area contributed by atoms with Crippen molar-refractivity contribution >= 4 is 17.5 Å². The van der Waals surface area contributed by atoms with E-state index in [0.717, 1.165) is 5.56 Å². The first-order valence-electron chi connectivity index (χ1n) is 6.31. The van der Waals surface area contributed by atoms with Crippen molar-refractivity contribution in [2.45, 2.75) is 13.0 Å². The van der Waals surface area contributed by atoms with Crippen LogP contribution in [0.3, 0.4) is 0 Å². The number of nitrogens with one attached hydrogen (secondary N) is 1. The van der Waals surface area contributed by atoms with Crippen molar-refractivity contribution in [1.29, 1.82) is 0 Å². The number of methoxy groups -OCH3 is 1. The molecule has 1 amide bonds. The average Bonchev–Trinajstić information content (AvgIpc) is 2.47. The molecule has 4 heteroatoms. The van der Waals surface area contributed by atoms with Gasteiger partial charge >= 0.3 is 0 Å². The maximum Gasteiger partial charge on any atom is 0.255 e. The zero-order valence-corrected chi connectivity index (χ0v) is 12.1. The van der Waals surface area contributed by atoms with E-state index >= 15 is 0 Å². The quantitative estimate of drug-likeness (QED) is 0.929. The Morgan fingerprint density at radius 2 is 1.80 bits per heavy atom. The van der Waals surface area contributed by atoms with Crippen LogP contribution >= 0.6 is 11.6 Å². The summed E-state index contributed by atoms with van der Waals surface area (Å²) in [5.74, 6) is 0.401. The first kappa shape index (κ1) is 14.4. The van der Waals surface area contributed by atoms with Crippen molar-refractivity contribution in [3.05, 3.63) is 64.7 Å². The highest BCUT2D eigenvalue weighted by molar-refractivity contribution is 6.30. The molecular weight excluding hydrogens is 274 g/mol. The van der Waals surface area contributed by atoms with Gasteiger partial charge in [0.25, 0.3) is 5.91 Å². The predicted octanol–water partition coefficient (Wildman–Crippen LogP) is 3.84. The number of rotatable bonds is 4. The van der Waals surface area contributed by atoms with Crippen LogP contribution in [0.5, 0.6) is 5.75 Å². The van der Waals surface area contributed by atoms with Gasteiger partial charge in [-0.25, -0.2) is 0 Å². The maximum absolute atomic E-state index is 12.3. The van der Waals surface area contributed by atoms with Gasteiger partial charge in [-0.2, -0.15) is 0 Å². The molecule has 2 aromatic rings. The number of ether oxygens (including phenoxy) is 1. The van der Waals surface area contributed by atoms with E-state index in [-0.39, 0.29) is 11.9 Å². The van der Waals surface area contributed by atoms with Crippen molar-refractivity contribution in [2.75, 3.05) is 7.11 Å². The molecule has 0 saturated heterocycles. The summed E-state index contributed by atoms with van der Waals surface area (Å²) in [6.45, 7) is 1.93. The summed E-state index contributed by atoms with van der Waals surface area (Å²) in [6, 6.07) is 14.5. The van der Waals surface area contributed by atoms with Crippen molar-refractivity contribution < 1.29 is 9.53 Å². The summed E-state index contributed by atoms with van der Waals surface area (Å²) in [6.07, 6.45) is 0. The minimum absolute atomic E-state index is 0.107. The molecule has 0 aliphatic heterocycles. The Hall–Kier alpha value is -2.00. The predicted molar refractivity (Wildman–Crippen MR) is 80.3 cm³/mol. The molecule has 0 aliphatic rings. The normalized spacial score (nSPS) is 11.8. The highest BCUT2D eigenvalue weighted by Crippen LogP contribution is 2.20. The molecule has 1 atom stereocenters. The van der Waals surface area contributed by atoms with Gasteiger partial charge in [-0.05, 0) is 36.8 Å². The molecule has 1 N–H and O–H groups in total. The number of carbonyl (C=O) groups excluding carboxylic acids is 1. The summed E-state index contributed by atoms with van der Waals surface area (Å²) in [7, 11) is 1.55. The molecule has 0 fully saturated rings. The van der Waals surface area contributed by atoms with Crippen LogP contribution in [0.4, 0.5) is 0 Å². The Labute approximate surface area is 123 Å². The molecule has 0 radical (unpaired) electrons. The van der Waals surface area contributed by atoms with Gasteiger partial charge < -0.3 is 10.1 Å². The van der Waals surface area contributed by atoms with Crippen molar-refractivity contribution in [2.24, 2.45) is 0 Å². The fourth-order valence-corrected chi connectivity index (χ4v) is 2.07. The topological polar surface area (TPSA) is 38.3 Å². The molecule has 0 aromatic heterocycles. The lowest BCUT2D eigenvalue weighted by molar-refractivity contribution is 0.0937. The third kappa shape index (κ3) is 3.31. The second kappa shape index (κ2) is 6.44. The summed E-state index contributed by atoms with van der Waals surface area (Å²) in [5, 5.41) is 3.62. The molecule has 2 rings (SSSR count). The van der Waals surface area contributed by atoms with Crippen LogP contribution in [-0.4, -0.2) is 13.0 Å². The van der Waals surface area contributed by atoms with Crippen molar-refractivity contribution in [3.8, 4) is 5.75 Å². The minimum Gasteiger partial charge on any atom is -0.496 e. The molecule has 104 valence electrons. The Kier molecular flexibility index (Phi) is 4.64. The van der Waals surface area contributed by atoms with Crippen LogP contribution in [0, 0.1) is 0 Å². The Bertz CT molecular complexity index is 596. The molecule has 3 nitrogen and oxygen atoms in total. The fraction of sp³-hybridized carbons (Fsp3) is 0.188. The number of carbonyl (C=O) groups is 1. The number of hydrogen-bond donors (Lipinski definition) is 1. The van der Waals surface area contributed by atoms with E-state index in [4.69, 9.17) is 16.3 Å². The van der Waals surface area contributed by atoms with E-state index in [9.17, 15) is 4.79 Å². The van der Waals surface area contributed by atoms with Gasteiger partial charge in [0.15, 0.2) is 0 Å². The van der Waals surface area contributed by atoms with Crippen molar-refractivity contribution in [3.63, 3.8) is 0 Å². The molecule has 0 saturated carbocycles. The standard InChI is InChI=1S/C16H16ClNO2/c1-11(12-7-9-13(17)10-8-12)18-16(19)14-5-3-4-6-15(14)20-2/h3-11H,1-2H3,(H,18,19)/t11-/m1/s1. The summed E-state index contributed by atoms with van der Waals surface area (Å²) in [5.41, 5.74) is 1.52. The van der Waals surface area contributed by atoms with Gasteiger partial charge in [-0.3, -0.25) is 4.79 Å². The molecule has 0 bridgehead atoms. The number of benzene rings is 2. The molecular formula is C16H16ClNO2. The van der Waals surface area contributed by atoms with E-state index in [2.05, 4.69) is 5.32 Å². The van der Waals surface area contributed by atoms with Gasteiger partial charge in [0, 0.05) is 5.02 Å². The smallest absolute Gasteiger partial charge is 0.255 e. The van der Waals surface area contributed by atoms with Gasteiger partial charge in [-0.1, -0.05) is 35.9 Å². The summed E-state index contributed by atoms with van der Waals surface area (Å²) >= 11 is 5.85. The molecule has 2 aromatic carbocycles. The van der Waals surface area contributed by atoms with Crippen LogP contribution in [0.15, 0.2) is 48.5 Å². The number of hydrogen-bond acceptors (Lipinski definition) is 2. The highest BCUT2D eigenvalue weighted by Gasteiger charge is 2.14. The molecule has 0 heterocycles. The molecule has 0 unspecified atom stereocenters. The first-order chi connectivity index (χ1) is 9.61. The van der Waals surface area contributed by atoms with E-state index in [0.29, 0.717) is 16.3 Å². The van der Waals surface area contributed by atoms with Crippen LogP contribution in [0.2, 0.25) is 5.02 Å². The molecule has 0 spiro atoms. The molecule has 20 heavy (non-hydrogen) atoms. The minimum atomic E-state index is -0.162. The van der Waals surface area contributed by atoms with Gasteiger partial charge in [0.05, 0.1) is 18.7 Å². The number of para-hydroxylation sites is 1. The van der Waals surface area contributed by atoms with E-state index < -0.39 is 0 Å². The van der Waals surface area contributed by atoms with Crippen LogP contribution in [0.25, 0.3) is 0 Å². The van der Waals surface area contributed by atoms with Gasteiger partial charge in [-0.15, -0.1) is 0 Å². The largest absolute Gasteiger partial charge is 0.496 e. The SMILES string of the molecule is COc1ccccc1C(=O)N[C@H](C)c1ccc(Cl)cc1. The van der Waals surface area contributed by atoms with Crippen molar-refractivity contribution in [1.82, 2.24) is 5.32 Å². The zero-order valence-electron chi connectivity index (χ0n) is 11.4. The second-order valence-electron chi connectivity index (χ2n) is 4.45. The van der Waals surface area contributed by atoms with E-state index in [1.807, 2.05) is 43.3 Å². The maximum atomic E-state index is 12.3. The second-order valence-corrected chi connectivity index (χ2v) is 4.88.